The van der Waals surface area contributed by atoms with Crippen LogP contribution in [0.2, 0.25) is 0 Å². The van der Waals surface area contributed by atoms with Crippen LogP contribution in [0.3, 0.4) is 0 Å². The van der Waals surface area contributed by atoms with Gasteiger partial charge >= 0.3 is 12.1 Å². The Morgan fingerprint density at radius 3 is 2.24 bits per heavy atom. The van der Waals surface area contributed by atoms with Crippen molar-refractivity contribution < 1.29 is 29.0 Å². The molecule has 9 heteroatoms. The van der Waals surface area contributed by atoms with E-state index in [0.717, 1.165) is 0 Å². The quantitative estimate of drug-likeness (QED) is 0.657. The van der Waals surface area contributed by atoms with Gasteiger partial charge < -0.3 is 20.5 Å². The minimum Gasteiger partial charge on any atom is -0.480 e. The number of rotatable bonds is 5. The van der Waals surface area contributed by atoms with Crippen LogP contribution in [0.25, 0.3) is 0 Å². The van der Waals surface area contributed by atoms with Gasteiger partial charge in [0.15, 0.2) is 0 Å². The van der Waals surface area contributed by atoms with Gasteiger partial charge in [-0.1, -0.05) is 0 Å². The molecule has 3 N–H and O–H groups in total. The van der Waals surface area contributed by atoms with Crippen LogP contribution in [-0.2, 0) is 19.1 Å². The number of aliphatic carboxylic acids is 1. The van der Waals surface area contributed by atoms with Gasteiger partial charge in [0.05, 0.1) is 0 Å². The molecule has 3 atom stereocenters. The first kappa shape index (κ1) is 20.7. The van der Waals surface area contributed by atoms with Crippen LogP contribution in [0, 0.1) is 0 Å². The van der Waals surface area contributed by atoms with Crippen LogP contribution in [0.15, 0.2) is 0 Å². The predicted molar refractivity (Wildman–Crippen MR) is 88.8 cm³/mol. The van der Waals surface area contributed by atoms with Gasteiger partial charge in [-0.15, -0.1) is 0 Å². The maximum Gasteiger partial charge on any atom is 0.410 e. The minimum atomic E-state index is -1.17. The zero-order valence-electron chi connectivity index (χ0n) is 15.3. The molecule has 0 aromatic rings. The first-order valence-corrected chi connectivity index (χ1v) is 8.25. The van der Waals surface area contributed by atoms with Crippen LogP contribution in [0.1, 0.15) is 47.5 Å². The number of nitrogens with one attached hydrogen (secondary N) is 2. The molecular formula is C16H27N3O6. The Bertz CT molecular complexity index is 542. The van der Waals surface area contributed by atoms with Crippen LogP contribution >= 0.6 is 0 Å². The van der Waals surface area contributed by atoms with E-state index < -0.39 is 47.6 Å². The van der Waals surface area contributed by atoms with Gasteiger partial charge in [0, 0.05) is 6.54 Å². The number of carbonyl (C=O) groups is 4. The maximum atomic E-state index is 12.4. The highest BCUT2D eigenvalue weighted by Gasteiger charge is 2.37. The molecule has 1 aliphatic heterocycles. The van der Waals surface area contributed by atoms with Crippen LogP contribution < -0.4 is 10.6 Å². The number of carboxylic acid groups (broad SMARTS) is 1. The van der Waals surface area contributed by atoms with Crippen molar-refractivity contribution in [1.29, 1.82) is 0 Å². The van der Waals surface area contributed by atoms with Gasteiger partial charge in [0.2, 0.25) is 11.8 Å². The van der Waals surface area contributed by atoms with E-state index in [1.54, 1.807) is 20.8 Å². The van der Waals surface area contributed by atoms with E-state index >= 15 is 0 Å². The van der Waals surface area contributed by atoms with Crippen LogP contribution in [-0.4, -0.2) is 64.2 Å². The normalized spacial score (nSPS) is 19.7. The third-order valence-corrected chi connectivity index (χ3v) is 3.66. The summed E-state index contributed by atoms with van der Waals surface area (Å²) in [5.74, 6) is -2.24. The molecule has 0 unspecified atom stereocenters. The van der Waals surface area contributed by atoms with Crippen molar-refractivity contribution >= 4 is 23.9 Å². The van der Waals surface area contributed by atoms with E-state index in [1.165, 1.54) is 18.7 Å². The largest absolute Gasteiger partial charge is 0.480 e. The predicted octanol–water partition coefficient (Wildman–Crippen LogP) is 0.480. The van der Waals surface area contributed by atoms with Crippen molar-refractivity contribution in [3.8, 4) is 0 Å². The zero-order valence-corrected chi connectivity index (χ0v) is 15.3. The number of likely N-dealkylation sites (tertiary alicyclic amines) is 1. The van der Waals surface area contributed by atoms with Crippen molar-refractivity contribution in [2.45, 2.75) is 71.2 Å². The van der Waals surface area contributed by atoms with E-state index in [1.807, 2.05) is 0 Å². The van der Waals surface area contributed by atoms with Crippen molar-refractivity contribution in [1.82, 2.24) is 15.5 Å². The summed E-state index contributed by atoms with van der Waals surface area (Å²) in [6.07, 6.45) is 0.570. The average molecular weight is 357 g/mol. The van der Waals surface area contributed by atoms with Gasteiger partial charge in [-0.3, -0.25) is 19.3 Å². The molecule has 0 bridgehead atoms. The molecule has 0 aliphatic carbocycles. The summed E-state index contributed by atoms with van der Waals surface area (Å²) in [6.45, 7) is 8.42. The summed E-state index contributed by atoms with van der Waals surface area (Å²) >= 11 is 0. The summed E-state index contributed by atoms with van der Waals surface area (Å²) in [5, 5.41) is 13.6. The summed E-state index contributed by atoms with van der Waals surface area (Å²) in [7, 11) is 0. The van der Waals surface area contributed by atoms with E-state index in [0.29, 0.717) is 19.4 Å². The van der Waals surface area contributed by atoms with E-state index in [9.17, 15) is 19.2 Å². The Balaban J connectivity index is 2.64. The molecular weight excluding hydrogens is 330 g/mol. The van der Waals surface area contributed by atoms with Crippen molar-refractivity contribution in [2.24, 2.45) is 0 Å². The summed E-state index contributed by atoms with van der Waals surface area (Å²) < 4.78 is 5.30. The second kappa shape index (κ2) is 8.17. The maximum absolute atomic E-state index is 12.4. The zero-order chi connectivity index (χ0) is 19.4. The molecule has 1 aliphatic rings. The van der Waals surface area contributed by atoms with Gasteiger partial charge in [0.1, 0.15) is 23.7 Å². The molecule has 1 rings (SSSR count). The lowest BCUT2D eigenvalue weighted by Crippen LogP contribution is -2.54. The highest BCUT2D eigenvalue weighted by Crippen LogP contribution is 2.21. The number of hydrogen-bond acceptors (Lipinski definition) is 5. The van der Waals surface area contributed by atoms with Gasteiger partial charge in [-0.2, -0.15) is 0 Å². The fourth-order valence-electron chi connectivity index (χ4n) is 2.35. The van der Waals surface area contributed by atoms with Crippen LogP contribution in [0.4, 0.5) is 4.79 Å². The Labute approximate surface area is 147 Å². The average Bonchev–Trinajstić information content (AvgIpc) is 2.94. The summed E-state index contributed by atoms with van der Waals surface area (Å²) in [6, 6.07) is -2.69. The molecule has 0 aromatic carbocycles. The Hall–Kier alpha value is -2.32. The summed E-state index contributed by atoms with van der Waals surface area (Å²) in [5.41, 5.74) is -0.666. The number of ether oxygens (including phenoxy) is 1. The Kier molecular flexibility index (Phi) is 6.78. The monoisotopic (exact) mass is 357 g/mol. The number of hydrogen-bond donors (Lipinski definition) is 3. The Morgan fingerprint density at radius 2 is 1.72 bits per heavy atom. The lowest BCUT2D eigenvalue weighted by Gasteiger charge is -2.28. The molecule has 0 spiro atoms. The van der Waals surface area contributed by atoms with Crippen molar-refractivity contribution in [3.05, 3.63) is 0 Å². The molecule has 3 amide bonds. The number of carbonyl (C=O) groups excluding carboxylic acids is 3. The number of carboxylic acids is 1. The third kappa shape index (κ3) is 6.24. The third-order valence-electron chi connectivity index (χ3n) is 3.66. The van der Waals surface area contributed by atoms with Gasteiger partial charge in [-0.05, 0) is 47.5 Å². The standard InChI is InChI=1S/C16H27N3O6/c1-9(12(20)18-10(2)14(22)23)17-13(21)11-7-6-8-19(11)15(24)25-16(3,4)5/h9-11H,6-8H2,1-5H3,(H,17,21)(H,18,20)(H,22,23)/t9-,10-,11-/m0/s1. The summed E-state index contributed by atoms with van der Waals surface area (Å²) in [4.78, 5) is 48.6. The fourth-order valence-corrected chi connectivity index (χ4v) is 2.35. The number of amides is 3. The smallest absolute Gasteiger partial charge is 0.410 e. The molecule has 1 heterocycles. The van der Waals surface area contributed by atoms with E-state index in [4.69, 9.17) is 9.84 Å². The van der Waals surface area contributed by atoms with Gasteiger partial charge in [-0.25, -0.2) is 4.79 Å². The highest BCUT2D eigenvalue weighted by atomic mass is 16.6. The highest BCUT2D eigenvalue weighted by molar-refractivity contribution is 5.92. The van der Waals surface area contributed by atoms with Crippen LogP contribution in [0.5, 0.6) is 0 Å². The second-order valence-electron chi connectivity index (χ2n) is 7.13. The molecule has 0 aromatic heterocycles. The second-order valence-corrected chi connectivity index (χ2v) is 7.13. The molecule has 0 saturated carbocycles. The topological polar surface area (TPSA) is 125 Å². The fraction of sp³-hybridized carbons (Fsp3) is 0.750. The Morgan fingerprint density at radius 1 is 1.12 bits per heavy atom. The van der Waals surface area contributed by atoms with E-state index in [-0.39, 0.29) is 0 Å². The van der Waals surface area contributed by atoms with Gasteiger partial charge in [0.25, 0.3) is 0 Å². The SMILES string of the molecule is C[C@H](NC(=O)[C@H](C)NC(=O)[C@@H]1CCCN1C(=O)OC(C)(C)C)C(=O)O. The molecule has 142 valence electrons. The first-order chi connectivity index (χ1) is 11.4. The van der Waals surface area contributed by atoms with Crippen molar-refractivity contribution in [2.75, 3.05) is 6.54 Å². The molecule has 1 saturated heterocycles. The first-order valence-electron chi connectivity index (χ1n) is 8.25. The van der Waals surface area contributed by atoms with Crippen molar-refractivity contribution in [3.63, 3.8) is 0 Å². The molecule has 0 radical (unpaired) electrons. The number of nitrogens with zero attached hydrogens (tertiary/aromatic N) is 1. The molecule has 1 fully saturated rings. The molecule has 25 heavy (non-hydrogen) atoms. The molecule has 9 nitrogen and oxygen atoms in total. The van der Waals surface area contributed by atoms with E-state index in [2.05, 4.69) is 10.6 Å². The lowest BCUT2D eigenvalue weighted by atomic mass is 10.2. The minimum absolute atomic E-state index is 0.406. The lowest BCUT2D eigenvalue weighted by molar-refractivity contribution is -0.141.